The van der Waals surface area contributed by atoms with Crippen molar-refractivity contribution < 1.29 is 13.7 Å². The number of rotatable bonds is 4. The van der Waals surface area contributed by atoms with Crippen LogP contribution < -0.4 is 5.32 Å². The van der Waals surface area contributed by atoms with Gasteiger partial charge in [0.1, 0.15) is 5.69 Å². The maximum atomic E-state index is 13.0. The first-order valence-electron chi connectivity index (χ1n) is 8.30. The fourth-order valence-corrected chi connectivity index (χ4v) is 2.92. The number of nitrogens with zero attached hydrogens (tertiary/aromatic N) is 2. The van der Waals surface area contributed by atoms with E-state index in [0.29, 0.717) is 33.8 Å². The molecule has 1 N–H and O–H groups in total. The number of fused-ring (bicyclic) bond motifs is 1. The molecule has 4 aromatic rings. The summed E-state index contributed by atoms with van der Waals surface area (Å²) in [6.45, 7) is 3.73. The third kappa shape index (κ3) is 2.86. The monoisotopic (exact) mass is 347 g/mol. The molecule has 1 amide bonds. The molecule has 0 aliphatic carbocycles. The second-order valence-corrected chi connectivity index (χ2v) is 6.09. The molecule has 3 aromatic heterocycles. The molecule has 130 valence electrons. The lowest BCUT2D eigenvalue weighted by atomic mass is 10.1. The molecule has 1 aromatic carbocycles. The lowest BCUT2D eigenvalue weighted by Gasteiger charge is -2.15. The normalized spacial score (nSPS) is 12.2. The Morgan fingerprint density at radius 3 is 2.69 bits per heavy atom. The quantitative estimate of drug-likeness (QED) is 0.596. The summed E-state index contributed by atoms with van der Waals surface area (Å²) in [4.78, 5) is 17.4. The Morgan fingerprint density at radius 1 is 1.15 bits per heavy atom. The van der Waals surface area contributed by atoms with Crippen LogP contribution in [0.1, 0.15) is 34.6 Å². The highest BCUT2D eigenvalue weighted by Gasteiger charge is 2.21. The molecule has 0 radical (unpaired) electrons. The maximum absolute atomic E-state index is 13.0. The standard InChI is InChI=1S/C20H17N3O3/c1-12(14-7-4-3-5-8-14)21-19(24)15-11-16(17-9-6-10-25-17)22-20-18(15)13(2)23-26-20/h3-12H,1-2H3,(H,21,24). The first kappa shape index (κ1) is 16.1. The van der Waals surface area contributed by atoms with Crippen LogP contribution in [-0.4, -0.2) is 16.0 Å². The van der Waals surface area contributed by atoms with Crippen molar-refractivity contribution in [1.82, 2.24) is 15.5 Å². The summed E-state index contributed by atoms with van der Waals surface area (Å²) >= 11 is 0. The molecular weight excluding hydrogens is 330 g/mol. The van der Waals surface area contributed by atoms with Gasteiger partial charge in [0.15, 0.2) is 5.76 Å². The molecule has 0 spiro atoms. The van der Waals surface area contributed by atoms with Crippen LogP contribution >= 0.6 is 0 Å². The number of carbonyl (C=O) groups excluding carboxylic acids is 1. The van der Waals surface area contributed by atoms with Crippen LogP contribution in [0.15, 0.2) is 63.7 Å². The third-order valence-electron chi connectivity index (χ3n) is 4.28. The molecular formula is C20H17N3O3. The highest BCUT2D eigenvalue weighted by Crippen LogP contribution is 2.27. The van der Waals surface area contributed by atoms with Crippen LogP contribution in [0.4, 0.5) is 0 Å². The minimum atomic E-state index is -0.215. The molecule has 4 rings (SSSR count). The number of aromatic nitrogens is 2. The SMILES string of the molecule is Cc1noc2nc(-c3ccco3)cc(C(=O)NC(C)c3ccccc3)c12. The zero-order valence-corrected chi connectivity index (χ0v) is 14.4. The van der Waals surface area contributed by atoms with Gasteiger partial charge < -0.3 is 14.3 Å². The number of nitrogens with one attached hydrogen (secondary N) is 1. The van der Waals surface area contributed by atoms with Crippen molar-refractivity contribution in [1.29, 1.82) is 0 Å². The Bertz CT molecular complexity index is 1050. The topological polar surface area (TPSA) is 81.2 Å². The summed E-state index contributed by atoms with van der Waals surface area (Å²) in [5, 5.41) is 7.59. The summed E-state index contributed by atoms with van der Waals surface area (Å²) < 4.78 is 10.7. The number of hydrogen-bond acceptors (Lipinski definition) is 5. The number of benzene rings is 1. The zero-order chi connectivity index (χ0) is 18.1. The Balaban J connectivity index is 1.74. The van der Waals surface area contributed by atoms with Crippen molar-refractivity contribution in [3.05, 3.63) is 71.6 Å². The van der Waals surface area contributed by atoms with Crippen LogP contribution in [0.3, 0.4) is 0 Å². The molecule has 1 unspecified atom stereocenters. The second kappa shape index (κ2) is 6.48. The van der Waals surface area contributed by atoms with E-state index in [9.17, 15) is 4.79 Å². The number of hydrogen-bond donors (Lipinski definition) is 1. The van der Waals surface area contributed by atoms with Crippen molar-refractivity contribution in [3.63, 3.8) is 0 Å². The van der Waals surface area contributed by atoms with E-state index in [2.05, 4.69) is 15.5 Å². The smallest absolute Gasteiger partial charge is 0.259 e. The van der Waals surface area contributed by atoms with Gasteiger partial charge in [0.05, 0.1) is 28.9 Å². The van der Waals surface area contributed by atoms with Crippen LogP contribution in [0, 0.1) is 6.92 Å². The molecule has 0 fully saturated rings. The second-order valence-electron chi connectivity index (χ2n) is 6.09. The van der Waals surface area contributed by atoms with Gasteiger partial charge in [0, 0.05) is 0 Å². The lowest BCUT2D eigenvalue weighted by Crippen LogP contribution is -2.27. The van der Waals surface area contributed by atoms with E-state index in [4.69, 9.17) is 8.94 Å². The van der Waals surface area contributed by atoms with Crippen LogP contribution in [0.5, 0.6) is 0 Å². The predicted octanol–water partition coefficient (Wildman–Crippen LogP) is 4.28. The van der Waals surface area contributed by atoms with Gasteiger partial charge in [0.2, 0.25) is 0 Å². The number of pyridine rings is 1. The van der Waals surface area contributed by atoms with Gasteiger partial charge in [-0.05, 0) is 37.6 Å². The summed E-state index contributed by atoms with van der Waals surface area (Å²) in [5.74, 6) is 0.346. The van der Waals surface area contributed by atoms with E-state index >= 15 is 0 Å². The van der Waals surface area contributed by atoms with Gasteiger partial charge in [-0.15, -0.1) is 0 Å². The maximum Gasteiger partial charge on any atom is 0.259 e. The highest BCUT2D eigenvalue weighted by atomic mass is 16.5. The fourth-order valence-electron chi connectivity index (χ4n) is 2.92. The number of aryl methyl sites for hydroxylation is 1. The summed E-state index contributed by atoms with van der Waals surface area (Å²) in [7, 11) is 0. The van der Waals surface area contributed by atoms with Crippen molar-refractivity contribution in [2.45, 2.75) is 19.9 Å². The van der Waals surface area contributed by atoms with E-state index in [0.717, 1.165) is 5.56 Å². The van der Waals surface area contributed by atoms with Crippen LogP contribution in [-0.2, 0) is 0 Å². The average molecular weight is 347 g/mol. The van der Waals surface area contributed by atoms with Crippen molar-refractivity contribution in [2.24, 2.45) is 0 Å². The van der Waals surface area contributed by atoms with Gasteiger partial charge in [-0.2, -0.15) is 0 Å². The van der Waals surface area contributed by atoms with E-state index in [1.54, 1.807) is 31.4 Å². The highest BCUT2D eigenvalue weighted by molar-refractivity contribution is 6.07. The van der Waals surface area contributed by atoms with Gasteiger partial charge in [0.25, 0.3) is 11.6 Å². The minimum Gasteiger partial charge on any atom is -0.463 e. The van der Waals surface area contributed by atoms with Crippen LogP contribution in [0.2, 0.25) is 0 Å². The van der Waals surface area contributed by atoms with Gasteiger partial charge in [-0.3, -0.25) is 4.79 Å². The van der Waals surface area contributed by atoms with Gasteiger partial charge in [-0.25, -0.2) is 4.98 Å². The summed E-state index contributed by atoms with van der Waals surface area (Å²) in [5.41, 5.74) is 2.95. The molecule has 0 saturated carbocycles. The zero-order valence-electron chi connectivity index (χ0n) is 14.4. The molecule has 0 bridgehead atoms. The Kier molecular flexibility index (Phi) is 4.01. The van der Waals surface area contributed by atoms with E-state index in [-0.39, 0.29) is 11.9 Å². The molecule has 6 nitrogen and oxygen atoms in total. The summed E-state index contributed by atoms with van der Waals surface area (Å²) in [6.07, 6.45) is 1.56. The fraction of sp³-hybridized carbons (Fsp3) is 0.150. The lowest BCUT2D eigenvalue weighted by molar-refractivity contribution is 0.0941. The average Bonchev–Trinajstić information content (AvgIpc) is 3.32. The van der Waals surface area contributed by atoms with Gasteiger partial charge in [-0.1, -0.05) is 35.5 Å². The first-order chi connectivity index (χ1) is 12.6. The predicted molar refractivity (Wildman–Crippen MR) is 96.6 cm³/mol. The minimum absolute atomic E-state index is 0.140. The Morgan fingerprint density at radius 2 is 1.96 bits per heavy atom. The molecule has 26 heavy (non-hydrogen) atoms. The van der Waals surface area contributed by atoms with E-state index in [1.165, 1.54) is 0 Å². The molecule has 0 saturated heterocycles. The summed E-state index contributed by atoms with van der Waals surface area (Å²) in [6, 6.07) is 14.9. The first-order valence-corrected chi connectivity index (χ1v) is 8.30. The molecule has 1 atom stereocenters. The van der Waals surface area contributed by atoms with Gasteiger partial charge >= 0.3 is 0 Å². The third-order valence-corrected chi connectivity index (χ3v) is 4.28. The van der Waals surface area contributed by atoms with E-state index < -0.39 is 0 Å². The number of carbonyl (C=O) groups is 1. The Hall–Kier alpha value is -3.41. The molecule has 0 aliphatic heterocycles. The molecule has 3 heterocycles. The van der Waals surface area contributed by atoms with Crippen LogP contribution in [0.25, 0.3) is 22.6 Å². The van der Waals surface area contributed by atoms with Crippen molar-refractivity contribution in [3.8, 4) is 11.5 Å². The number of amides is 1. The van der Waals surface area contributed by atoms with E-state index in [1.807, 2.05) is 37.3 Å². The van der Waals surface area contributed by atoms with Crippen molar-refractivity contribution >= 4 is 17.0 Å². The molecule has 0 aliphatic rings. The number of furan rings is 1. The largest absolute Gasteiger partial charge is 0.463 e. The van der Waals surface area contributed by atoms with Crippen molar-refractivity contribution in [2.75, 3.05) is 0 Å². The Labute approximate surface area is 149 Å². The molecule has 6 heteroatoms.